The third kappa shape index (κ3) is 5.69. The molecule has 0 fully saturated rings. The Labute approximate surface area is 151 Å². The standard InChI is InChI=1S/C18H19ClN2O4/c1-12-11-13(19)3-8-16(12)21-18(23)17(22)20-9-10-25-15-6-4-14(24-2)5-7-15/h3-8,11H,9-10H2,1-2H3,(H,20,22)(H,21,23). The van der Waals surface area contributed by atoms with Crippen molar-refractivity contribution in [3.63, 3.8) is 0 Å². The fraction of sp³-hybridized carbons (Fsp3) is 0.222. The molecule has 0 atom stereocenters. The van der Waals surface area contributed by atoms with Gasteiger partial charge in [0.25, 0.3) is 0 Å². The van der Waals surface area contributed by atoms with Crippen LogP contribution in [0.4, 0.5) is 5.69 Å². The van der Waals surface area contributed by atoms with Crippen molar-refractivity contribution < 1.29 is 19.1 Å². The second-order valence-corrected chi connectivity index (χ2v) is 5.63. The number of methoxy groups -OCH3 is 1. The summed E-state index contributed by atoms with van der Waals surface area (Å²) in [7, 11) is 1.59. The zero-order valence-corrected chi connectivity index (χ0v) is 14.7. The second kappa shape index (κ2) is 8.94. The van der Waals surface area contributed by atoms with Crippen molar-refractivity contribution >= 4 is 29.1 Å². The minimum atomic E-state index is -0.741. The molecule has 0 bridgehead atoms. The Kier molecular flexibility index (Phi) is 6.65. The lowest BCUT2D eigenvalue weighted by Crippen LogP contribution is -2.37. The predicted octanol–water partition coefficient (Wildman–Crippen LogP) is 2.79. The highest BCUT2D eigenvalue weighted by Crippen LogP contribution is 2.19. The molecule has 25 heavy (non-hydrogen) atoms. The number of nitrogens with one attached hydrogen (secondary N) is 2. The molecule has 2 rings (SSSR count). The summed E-state index contributed by atoms with van der Waals surface area (Å²) in [6, 6.07) is 12.1. The number of hydrogen-bond acceptors (Lipinski definition) is 4. The van der Waals surface area contributed by atoms with E-state index in [0.29, 0.717) is 16.5 Å². The van der Waals surface area contributed by atoms with E-state index in [1.165, 1.54) is 0 Å². The third-order valence-corrected chi connectivity index (χ3v) is 3.59. The van der Waals surface area contributed by atoms with Gasteiger partial charge in [-0.25, -0.2) is 0 Å². The van der Waals surface area contributed by atoms with Crippen LogP contribution >= 0.6 is 11.6 Å². The van der Waals surface area contributed by atoms with E-state index in [9.17, 15) is 9.59 Å². The van der Waals surface area contributed by atoms with E-state index < -0.39 is 11.8 Å². The molecule has 0 aliphatic heterocycles. The highest BCUT2D eigenvalue weighted by atomic mass is 35.5. The van der Waals surface area contributed by atoms with Crippen molar-refractivity contribution in [1.29, 1.82) is 0 Å². The number of anilines is 1. The van der Waals surface area contributed by atoms with Gasteiger partial charge in [0.05, 0.1) is 13.7 Å². The van der Waals surface area contributed by atoms with Gasteiger partial charge in [-0.05, 0) is 55.0 Å². The predicted molar refractivity (Wildman–Crippen MR) is 96.3 cm³/mol. The van der Waals surface area contributed by atoms with Crippen molar-refractivity contribution in [2.45, 2.75) is 6.92 Å². The molecule has 0 radical (unpaired) electrons. The largest absolute Gasteiger partial charge is 0.497 e. The average molecular weight is 363 g/mol. The van der Waals surface area contributed by atoms with Gasteiger partial charge < -0.3 is 20.1 Å². The van der Waals surface area contributed by atoms with Crippen molar-refractivity contribution in [2.24, 2.45) is 0 Å². The number of carbonyl (C=O) groups excluding carboxylic acids is 2. The van der Waals surface area contributed by atoms with Crippen LogP contribution in [0.1, 0.15) is 5.56 Å². The van der Waals surface area contributed by atoms with E-state index in [-0.39, 0.29) is 13.2 Å². The maximum absolute atomic E-state index is 11.9. The molecule has 2 aromatic carbocycles. The Hall–Kier alpha value is -2.73. The minimum Gasteiger partial charge on any atom is -0.497 e. The maximum atomic E-state index is 11.9. The topological polar surface area (TPSA) is 76.7 Å². The van der Waals surface area contributed by atoms with Gasteiger partial charge in [0.15, 0.2) is 0 Å². The lowest BCUT2D eigenvalue weighted by molar-refractivity contribution is -0.136. The van der Waals surface area contributed by atoms with Gasteiger partial charge in [0.2, 0.25) is 0 Å². The van der Waals surface area contributed by atoms with Crippen molar-refractivity contribution in [2.75, 3.05) is 25.6 Å². The number of hydrogen-bond donors (Lipinski definition) is 2. The smallest absolute Gasteiger partial charge is 0.313 e. The first-order valence-corrected chi connectivity index (χ1v) is 7.99. The number of amides is 2. The van der Waals surface area contributed by atoms with E-state index in [0.717, 1.165) is 11.3 Å². The van der Waals surface area contributed by atoms with Crippen LogP contribution in [0.15, 0.2) is 42.5 Å². The molecule has 2 N–H and O–H groups in total. The van der Waals surface area contributed by atoms with Gasteiger partial charge >= 0.3 is 11.8 Å². The van der Waals surface area contributed by atoms with Gasteiger partial charge in [-0.2, -0.15) is 0 Å². The Morgan fingerprint density at radius 3 is 2.36 bits per heavy atom. The third-order valence-electron chi connectivity index (χ3n) is 3.36. The zero-order valence-electron chi connectivity index (χ0n) is 14.0. The first-order chi connectivity index (χ1) is 12.0. The lowest BCUT2D eigenvalue weighted by atomic mass is 10.2. The fourth-order valence-electron chi connectivity index (χ4n) is 2.03. The van der Waals surface area contributed by atoms with Crippen LogP contribution in [-0.4, -0.2) is 32.1 Å². The first kappa shape index (κ1) is 18.6. The van der Waals surface area contributed by atoms with E-state index in [1.807, 2.05) is 0 Å². The summed E-state index contributed by atoms with van der Waals surface area (Å²) < 4.78 is 10.5. The second-order valence-electron chi connectivity index (χ2n) is 5.19. The Bertz CT molecular complexity index is 747. The molecule has 0 spiro atoms. The zero-order chi connectivity index (χ0) is 18.2. The number of aryl methyl sites for hydroxylation is 1. The van der Waals surface area contributed by atoms with Gasteiger partial charge in [-0.15, -0.1) is 0 Å². The van der Waals surface area contributed by atoms with Crippen LogP contribution in [0.25, 0.3) is 0 Å². The van der Waals surface area contributed by atoms with Crippen LogP contribution in [-0.2, 0) is 9.59 Å². The van der Waals surface area contributed by atoms with E-state index in [1.54, 1.807) is 56.5 Å². The van der Waals surface area contributed by atoms with Crippen LogP contribution < -0.4 is 20.1 Å². The summed E-state index contributed by atoms with van der Waals surface area (Å²) in [6.45, 7) is 2.24. The summed E-state index contributed by atoms with van der Waals surface area (Å²) in [4.78, 5) is 23.7. The SMILES string of the molecule is COc1ccc(OCCNC(=O)C(=O)Nc2ccc(Cl)cc2C)cc1. The number of rotatable bonds is 6. The molecule has 2 aromatic rings. The lowest BCUT2D eigenvalue weighted by Gasteiger charge is -2.10. The molecule has 0 aromatic heterocycles. The van der Waals surface area contributed by atoms with Gasteiger partial charge in [-0.3, -0.25) is 9.59 Å². The van der Waals surface area contributed by atoms with Gasteiger partial charge in [-0.1, -0.05) is 11.6 Å². The molecule has 0 saturated carbocycles. The Morgan fingerprint density at radius 1 is 1.04 bits per heavy atom. The molecule has 2 amide bonds. The summed E-state index contributed by atoms with van der Waals surface area (Å²) >= 11 is 5.86. The van der Waals surface area contributed by atoms with Crippen LogP contribution in [0, 0.1) is 6.92 Å². The van der Waals surface area contributed by atoms with Crippen molar-refractivity contribution in [1.82, 2.24) is 5.32 Å². The monoisotopic (exact) mass is 362 g/mol. The Morgan fingerprint density at radius 2 is 1.72 bits per heavy atom. The summed E-state index contributed by atoms with van der Waals surface area (Å²) in [5.74, 6) is -0.0892. The summed E-state index contributed by atoms with van der Waals surface area (Å²) in [5.41, 5.74) is 1.32. The van der Waals surface area contributed by atoms with Gasteiger partial charge in [0, 0.05) is 10.7 Å². The van der Waals surface area contributed by atoms with E-state index in [4.69, 9.17) is 21.1 Å². The maximum Gasteiger partial charge on any atom is 0.313 e. The molecule has 0 heterocycles. The quantitative estimate of drug-likeness (QED) is 0.612. The normalized spacial score (nSPS) is 10.0. The van der Waals surface area contributed by atoms with Gasteiger partial charge in [0.1, 0.15) is 18.1 Å². The number of carbonyl (C=O) groups is 2. The molecular weight excluding hydrogens is 344 g/mol. The highest BCUT2D eigenvalue weighted by molar-refractivity contribution is 6.39. The molecule has 0 saturated heterocycles. The first-order valence-electron chi connectivity index (χ1n) is 7.62. The minimum absolute atomic E-state index is 0.206. The van der Waals surface area contributed by atoms with Crippen molar-refractivity contribution in [3.8, 4) is 11.5 Å². The molecule has 0 unspecified atom stereocenters. The molecule has 0 aliphatic rings. The van der Waals surface area contributed by atoms with Crippen LogP contribution in [0.2, 0.25) is 5.02 Å². The summed E-state index contributed by atoms with van der Waals surface area (Å²) in [6.07, 6.45) is 0. The van der Waals surface area contributed by atoms with E-state index >= 15 is 0 Å². The molecular formula is C18H19ClN2O4. The molecule has 132 valence electrons. The number of ether oxygens (including phenoxy) is 2. The number of halogens is 1. The Balaban J connectivity index is 1.74. The van der Waals surface area contributed by atoms with Crippen LogP contribution in [0.3, 0.4) is 0 Å². The number of benzene rings is 2. The summed E-state index contributed by atoms with van der Waals surface area (Å²) in [5, 5.41) is 5.61. The highest BCUT2D eigenvalue weighted by Gasteiger charge is 2.14. The molecule has 0 aliphatic carbocycles. The fourth-order valence-corrected chi connectivity index (χ4v) is 2.26. The molecule has 7 heteroatoms. The molecule has 6 nitrogen and oxygen atoms in total. The average Bonchev–Trinajstić information content (AvgIpc) is 2.61. The van der Waals surface area contributed by atoms with E-state index in [2.05, 4.69) is 10.6 Å². The van der Waals surface area contributed by atoms with Crippen molar-refractivity contribution in [3.05, 3.63) is 53.1 Å². The van der Waals surface area contributed by atoms with Crippen LogP contribution in [0.5, 0.6) is 11.5 Å².